The van der Waals surface area contributed by atoms with Crippen LogP contribution in [-0.2, 0) is 11.2 Å². The fourth-order valence-corrected chi connectivity index (χ4v) is 4.00. The van der Waals surface area contributed by atoms with Crippen molar-refractivity contribution in [1.82, 2.24) is 0 Å². The highest BCUT2D eigenvalue weighted by atomic mass is 19.4. The zero-order valence-corrected chi connectivity index (χ0v) is 17.0. The number of fused-ring (bicyclic) bond motifs is 3. The van der Waals surface area contributed by atoms with Gasteiger partial charge >= 0.3 is 24.7 Å². The van der Waals surface area contributed by atoms with Crippen LogP contribution >= 0.6 is 0 Å². The molecule has 0 bridgehead atoms. The second kappa shape index (κ2) is 7.68. The first-order valence-electron chi connectivity index (χ1n) is 9.28. The minimum Gasteiger partial charge on any atom is -0.398 e. The normalized spacial score (nSPS) is 14.6. The Bertz CT molecular complexity index is 1310. The molecule has 3 aromatic carbocycles. The number of nitrogen functional groups attached to an aromatic ring is 2. The van der Waals surface area contributed by atoms with Gasteiger partial charge in [-0.3, -0.25) is 0 Å². The summed E-state index contributed by atoms with van der Waals surface area (Å²) in [5.74, 6) is 0. The molecule has 0 atom stereocenters. The van der Waals surface area contributed by atoms with Crippen LogP contribution in [0.15, 0.2) is 36.4 Å². The smallest absolute Gasteiger partial charge is 0.398 e. The fraction of sp³-hybridized carbons (Fsp3) is 0.300. The first kappa shape index (κ1) is 27.4. The summed E-state index contributed by atoms with van der Waals surface area (Å²) in [7, 11) is 0. The first-order valence-corrected chi connectivity index (χ1v) is 9.28. The van der Waals surface area contributed by atoms with Crippen molar-refractivity contribution in [2.45, 2.75) is 35.9 Å². The molecule has 6 N–H and O–H groups in total. The van der Waals surface area contributed by atoms with Gasteiger partial charge in [0.05, 0.1) is 0 Å². The van der Waals surface area contributed by atoms with Crippen molar-refractivity contribution in [3.63, 3.8) is 0 Å². The molecule has 4 nitrogen and oxygen atoms in total. The summed E-state index contributed by atoms with van der Waals surface area (Å²) in [6.45, 7) is 0. The van der Waals surface area contributed by atoms with Crippen molar-refractivity contribution in [1.29, 1.82) is 0 Å². The number of aliphatic hydroxyl groups is 2. The van der Waals surface area contributed by atoms with Gasteiger partial charge in [-0.25, -0.2) is 0 Å². The van der Waals surface area contributed by atoms with E-state index in [0.29, 0.717) is 18.2 Å². The molecule has 0 fully saturated rings. The lowest BCUT2D eigenvalue weighted by Crippen LogP contribution is -2.55. The molecule has 36 heavy (non-hydrogen) atoms. The van der Waals surface area contributed by atoms with Crippen molar-refractivity contribution < 1.29 is 62.9 Å². The van der Waals surface area contributed by atoms with E-state index < -0.39 is 80.0 Å². The Balaban J connectivity index is 2.79. The lowest BCUT2D eigenvalue weighted by atomic mass is 9.79. The zero-order chi connectivity index (χ0) is 27.9. The highest BCUT2D eigenvalue weighted by Crippen LogP contribution is 2.58. The SMILES string of the molecule is Nc1ccc2c(c(N)c(C(O)(C(F)(F)F)C(F)(F)F)c3ccccc32)c1C(O)(C(F)(F)F)C(F)(F)F. The molecule has 0 unspecified atom stereocenters. The van der Waals surface area contributed by atoms with Gasteiger partial charge < -0.3 is 21.7 Å². The fourth-order valence-electron chi connectivity index (χ4n) is 4.00. The molecule has 0 spiro atoms. The van der Waals surface area contributed by atoms with E-state index in [-0.39, 0.29) is 0 Å². The minimum atomic E-state index is -6.63. The molecule has 198 valence electrons. The Morgan fingerprint density at radius 2 is 0.889 bits per heavy atom. The van der Waals surface area contributed by atoms with Crippen LogP contribution in [0.1, 0.15) is 11.1 Å². The van der Waals surface area contributed by atoms with Crippen molar-refractivity contribution in [2.75, 3.05) is 11.5 Å². The lowest BCUT2D eigenvalue weighted by Gasteiger charge is -2.37. The molecule has 0 aliphatic heterocycles. The van der Waals surface area contributed by atoms with Gasteiger partial charge in [0.15, 0.2) is 0 Å². The molecule has 0 radical (unpaired) electrons. The predicted molar refractivity (Wildman–Crippen MR) is 102 cm³/mol. The van der Waals surface area contributed by atoms with Crippen LogP contribution in [0.25, 0.3) is 21.5 Å². The second-order valence-corrected chi connectivity index (χ2v) is 7.70. The minimum absolute atomic E-state index is 0.436. The largest absolute Gasteiger partial charge is 0.430 e. The van der Waals surface area contributed by atoms with E-state index in [1.807, 2.05) is 0 Å². The monoisotopic (exact) mass is 540 g/mol. The Labute approximate surface area is 191 Å². The van der Waals surface area contributed by atoms with Crippen LogP contribution in [0.4, 0.5) is 64.1 Å². The van der Waals surface area contributed by atoms with Crippen LogP contribution in [0.3, 0.4) is 0 Å². The van der Waals surface area contributed by atoms with Gasteiger partial charge in [0.1, 0.15) is 0 Å². The zero-order valence-electron chi connectivity index (χ0n) is 17.0. The van der Waals surface area contributed by atoms with Crippen molar-refractivity contribution in [3.05, 3.63) is 47.5 Å². The maximum atomic E-state index is 13.7. The summed E-state index contributed by atoms with van der Waals surface area (Å²) in [6, 6.07) is 4.39. The summed E-state index contributed by atoms with van der Waals surface area (Å²) in [5, 5.41) is 15.6. The van der Waals surface area contributed by atoms with Gasteiger partial charge in [-0.1, -0.05) is 30.3 Å². The maximum Gasteiger partial charge on any atom is 0.430 e. The van der Waals surface area contributed by atoms with Gasteiger partial charge in [0, 0.05) is 27.9 Å². The Morgan fingerprint density at radius 1 is 0.500 bits per heavy atom. The van der Waals surface area contributed by atoms with E-state index in [4.69, 9.17) is 11.5 Å². The molecule has 3 aromatic rings. The standard InChI is InChI=1S/C20H12F12N2O2/c21-17(22,23)15(35,18(24,25)26)12-9-4-2-1-3-7(9)8-5-6-10(33)13(11(8)14(12)34)16(36,19(27,28)29)20(30,31)32/h1-6,35-36H,33-34H2. The van der Waals surface area contributed by atoms with Gasteiger partial charge in [-0.05, 0) is 22.2 Å². The highest BCUT2D eigenvalue weighted by molar-refractivity contribution is 6.17. The van der Waals surface area contributed by atoms with Gasteiger partial charge in [0.25, 0.3) is 11.2 Å². The number of alkyl halides is 12. The molecule has 3 rings (SSSR count). The van der Waals surface area contributed by atoms with Gasteiger partial charge in [0.2, 0.25) is 0 Å². The van der Waals surface area contributed by atoms with Crippen LogP contribution in [-0.4, -0.2) is 34.9 Å². The van der Waals surface area contributed by atoms with Crippen molar-refractivity contribution in [3.8, 4) is 0 Å². The Morgan fingerprint density at radius 3 is 1.31 bits per heavy atom. The second-order valence-electron chi connectivity index (χ2n) is 7.70. The maximum absolute atomic E-state index is 13.7. The molecule has 0 heterocycles. The van der Waals surface area contributed by atoms with Crippen LogP contribution in [0, 0.1) is 0 Å². The van der Waals surface area contributed by atoms with E-state index in [1.54, 1.807) is 0 Å². The quantitative estimate of drug-likeness (QED) is 0.188. The molecule has 0 aliphatic carbocycles. The van der Waals surface area contributed by atoms with E-state index in [9.17, 15) is 62.9 Å². The van der Waals surface area contributed by atoms with E-state index in [2.05, 4.69) is 0 Å². The van der Waals surface area contributed by atoms with Crippen molar-refractivity contribution >= 4 is 32.9 Å². The van der Waals surface area contributed by atoms with E-state index >= 15 is 0 Å². The number of rotatable bonds is 2. The molecule has 0 saturated carbocycles. The Kier molecular flexibility index (Phi) is 5.85. The highest BCUT2D eigenvalue weighted by Gasteiger charge is 2.74. The Hall–Kier alpha value is -3.14. The summed E-state index contributed by atoms with van der Waals surface area (Å²) in [6.07, 6.45) is -26.5. The van der Waals surface area contributed by atoms with Gasteiger partial charge in [-0.2, -0.15) is 52.7 Å². The average molecular weight is 540 g/mol. The van der Waals surface area contributed by atoms with E-state index in [0.717, 1.165) is 18.2 Å². The van der Waals surface area contributed by atoms with Crippen molar-refractivity contribution in [2.24, 2.45) is 0 Å². The van der Waals surface area contributed by atoms with Gasteiger partial charge in [-0.15, -0.1) is 0 Å². The number of anilines is 2. The average Bonchev–Trinajstić information content (AvgIpc) is 2.69. The third-order valence-corrected chi connectivity index (χ3v) is 5.63. The molecular formula is C20H12F12N2O2. The first-order chi connectivity index (χ1) is 16.0. The predicted octanol–water partition coefficient (Wildman–Crippen LogP) is 5.78. The molecule has 0 aromatic heterocycles. The molecular weight excluding hydrogens is 528 g/mol. The summed E-state index contributed by atoms with van der Waals surface area (Å²) in [4.78, 5) is 0. The molecule has 0 aliphatic rings. The van der Waals surface area contributed by atoms with Crippen LogP contribution in [0.5, 0.6) is 0 Å². The molecule has 0 amide bonds. The van der Waals surface area contributed by atoms with E-state index in [1.165, 1.54) is 0 Å². The number of halogens is 12. The topological polar surface area (TPSA) is 92.5 Å². The third-order valence-electron chi connectivity index (χ3n) is 5.63. The number of nitrogens with two attached hydrogens (primary N) is 2. The lowest BCUT2D eigenvalue weighted by molar-refractivity contribution is -0.376. The molecule has 0 saturated heterocycles. The number of hydrogen-bond donors (Lipinski definition) is 4. The van der Waals surface area contributed by atoms with Crippen LogP contribution in [0.2, 0.25) is 0 Å². The summed E-state index contributed by atoms with van der Waals surface area (Å²) < 4.78 is 164. The number of hydrogen-bond acceptors (Lipinski definition) is 4. The summed E-state index contributed by atoms with van der Waals surface area (Å²) in [5.41, 5.74) is -9.10. The summed E-state index contributed by atoms with van der Waals surface area (Å²) >= 11 is 0. The van der Waals surface area contributed by atoms with Crippen LogP contribution < -0.4 is 11.5 Å². The number of benzene rings is 3. The molecule has 16 heteroatoms. The third kappa shape index (κ3) is 3.48.